The zero-order valence-electron chi connectivity index (χ0n) is 33.5. The van der Waals surface area contributed by atoms with Crippen molar-refractivity contribution in [2.75, 3.05) is 4.90 Å². The lowest BCUT2D eigenvalue weighted by atomic mass is 9.97. The number of anilines is 3. The molecule has 0 amide bonds. The first-order chi connectivity index (χ1) is 30.7. The molecule has 0 radical (unpaired) electrons. The van der Waals surface area contributed by atoms with Gasteiger partial charge in [-0.05, 0) is 107 Å². The molecule has 4 heteroatoms. The molecule has 62 heavy (non-hydrogen) atoms. The van der Waals surface area contributed by atoms with E-state index in [9.17, 15) is 0 Å². The molecule has 3 aromatic heterocycles. The van der Waals surface area contributed by atoms with Crippen LogP contribution in [-0.4, -0.2) is 4.57 Å². The predicted octanol–water partition coefficient (Wildman–Crippen LogP) is 17.0. The lowest BCUT2D eigenvalue weighted by Crippen LogP contribution is -2.10. The monoisotopic (exact) mass is 808 g/mol. The van der Waals surface area contributed by atoms with Gasteiger partial charge in [0, 0.05) is 64.2 Å². The predicted molar refractivity (Wildman–Crippen MR) is 264 cm³/mol. The number of fused-ring (bicyclic) bond motifs is 11. The van der Waals surface area contributed by atoms with E-state index in [2.05, 4.69) is 228 Å². The molecule has 0 aliphatic rings. The number of hydrogen-bond acceptors (Lipinski definition) is 3. The second-order valence-corrected chi connectivity index (χ2v) is 17.1. The highest BCUT2D eigenvalue weighted by Gasteiger charge is 2.21. The first kappa shape index (κ1) is 34.9. The van der Waals surface area contributed by atoms with Gasteiger partial charge < -0.3 is 13.9 Å². The topological polar surface area (TPSA) is 21.3 Å². The summed E-state index contributed by atoms with van der Waals surface area (Å²) >= 11 is 1.85. The molecule has 0 fully saturated rings. The average molecular weight is 809 g/mol. The maximum atomic E-state index is 6.63. The third-order valence-corrected chi connectivity index (χ3v) is 13.7. The van der Waals surface area contributed by atoms with E-state index in [1.54, 1.807) is 0 Å². The fraction of sp³-hybridized carbons (Fsp3) is 0. The van der Waals surface area contributed by atoms with Crippen LogP contribution in [0.25, 0.3) is 103 Å². The fourth-order valence-electron chi connectivity index (χ4n) is 9.80. The average Bonchev–Trinajstić information content (AvgIpc) is 4.02. The van der Waals surface area contributed by atoms with Crippen LogP contribution in [-0.2, 0) is 0 Å². The molecule has 0 aliphatic carbocycles. The van der Waals surface area contributed by atoms with Crippen LogP contribution in [0.15, 0.2) is 223 Å². The van der Waals surface area contributed by atoms with Crippen LogP contribution in [0.4, 0.5) is 17.1 Å². The summed E-state index contributed by atoms with van der Waals surface area (Å²) in [6, 6.07) is 79.2. The van der Waals surface area contributed by atoms with Crippen molar-refractivity contribution in [1.82, 2.24) is 4.57 Å². The van der Waals surface area contributed by atoms with Crippen LogP contribution in [0.2, 0.25) is 0 Å². The van der Waals surface area contributed by atoms with Crippen LogP contribution < -0.4 is 4.90 Å². The van der Waals surface area contributed by atoms with Crippen molar-refractivity contribution in [3.8, 4) is 27.9 Å². The summed E-state index contributed by atoms with van der Waals surface area (Å²) in [7, 11) is 0. The highest BCUT2D eigenvalue weighted by molar-refractivity contribution is 7.26. The summed E-state index contributed by atoms with van der Waals surface area (Å²) in [5.74, 6) is 0. The van der Waals surface area contributed by atoms with Crippen LogP contribution >= 0.6 is 11.3 Å². The first-order valence-corrected chi connectivity index (χ1v) is 21.9. The van der Waals surface area contributed by atoms with Gasteiger partial charge >= 0.3 is 0 Å². The SMILES string of the molecule is c1cc(-c2cccc3oc4c5ccccc5ccc4c23)cc(N(c2ccc(-c3cccc(-n4c5ccccc5c5ccccc54)c3)cc2)c2cccc3sc4ccccc4c23)c1. The Hall–Kier alpha value is -7.92. The molecule has 0 saturated heterocycles. The second-order valence-electron chi connectivity index (χ2n) is 16.0. The van der Waals surface area contributed by atoms with Crippen LogP contribution in [0.1, 0.15) is 0 Å². The van der Waals surface area contributed by atoms with Crippen LogP contribution in [0.3, 0.4) is 0 Å². The van der Waals surface area contributed by atoms with Gasteiger partial charge in [-0.25, -0.2) is 0 Å². The molecular weight excluding hydrogens is 773 g/mol. The quantitative estimate of drug-likeness (QED) is 0.167. The number of benzene rings is 10. The van der Waals surface area contributed by atoms with Crippen LogP contribution in [0.5, 0.6) is 0 Å². The van der Waals surface area contributed by atoms with Crippen molar-refractivity contribution in [2.45, 2.75) is 0 Å². The minimum Gasteiger partial charge on any atom is -0.455 e. The summed E-state index contributed by atoms with van der Waals surface area (Å²) in [5, 5.41) is 9.62. The maximum Gasteiger partial charge on any atom is 0.143 e. The van der Waals surface area contributed by atoms with Crippen molar-refractivity contribution in [3.63, 3.8) is 0 Å². The number of hydrogen-bond donors (Lipinski definition) is 0. The number of para-hydroxylation sites is 2. The van der Waals surface area contributed by atoms with Gasteiger partial charge in [-0.15, -0.1) is 11.3 Å². The van der Waals surface area contributed by atoms with E-state index in [0.717, 1.165) is 66.8 Å². The van der Waals surface area contributed by atoms with Crippen molar-refractivity contribution >= 4 is 103 Å². The standard InChI is InChI=1S/C58H36N2OS/c1-2-18-45-38(13-1)31-34-49-56-44(22-11-26-53(56)61-58(45)49)40-15-10-16-42(36-40)59(52-25-12-28-55-57(52)48-21-5-8-27-54(48)62-55)41-32-29-37(30-33-41)39-14-9-17-43(35-39)60-50-23-6-3-19-46(50)47-20-4-7-24-51(47)60/h1-36H. The van der Waals surface area contributed by atoms with Gasteiger partial charge in [0.15, 0.2) is 0 Å². The minimum absolute atomic E-state index is 0.892. The maximum absolute atomic E-state index is 6.63. The zero-order chi connectivity index (χ0) is 40.7. The third kappa shape index (κ3) is 5.37. The smallest absolute Gasteiger partial charge is 0.143 e. The van der Waals surface area contributed by atoms with Gasteiger partial charge in [-0.3, -0.25) is 0 Å². The number of rotatable bonds is 6. The molecule has 13 rings (SSSR count). The van der Waals surface area contributed by atoms with E-state index in [1.807, 2.05) is 11.3 Å². The Kier molecular flexibility index (Phi) is 7.78. The zero-order valence-corrected chi connectivity index (χ0v) is 34.3. The second kappa shape index (κ2) is 13.8. The Morgan fingerprint density at radius 3 is 1.92 bits per heavy atom. The van der Waals surface area contributed by atoms with Gasteiger partial charge in [-0.1, -0.05) is 140 Å². The van der Waals surface area contributed by atoms with Gasteiger partial charge in [0.25, 0.3) is 0 Å². The molecule has 13 aromatic rings. The Labute approximate surface area is 361 Å². The highest BCUT2D eigenvalue weighted by Crippen LogP contribution is 2.47. The number of nitrogens with zero attached hydrogens (tertiary/aromatic N) is 2. The summed E-state index contributed by atoms with van der Waals surface area (Å²) < 4.78 is 11.6. The number of aromatic nitrogens is 1. The van der Waals surface area contributed by atoms with Crippen molar-refractivity contribution < 1.29 is 4.42 Å². The van der Waals surface area contributed by atoms with E-state index in [4.69, 9.17) is 4.42 Å². The van der Waals surface area contributed by atoms with Crippen molar-refractivity contribution in [2.24, 2.45) is 0 Å². The van der Waals surface area contributed by atoms with E-state index in [0.29, 0.717) is 0 Å². The van der Waals surface area contributed by atoms with Crippen LogP contribution in [0, 0.1) is 0 Å². The fourth-order valence-corrected chi connectivity index (χ4v) is 10.9. The molecule has 3 heterocycles. The van der Waals surface area contributed by atoms with Gasteiger partial charge in [0.2, 0.25) is 0 Å². The molecule has 290 valence electrons. The molecular formula is C58H36N2OS. The first-order valence-electron chi connectivity index (χ1n) is 21.1. The van der Waals surface area contributed by atoms with E-state index < -0.39 is 0 Å². The van der Waals surface area contributed by atoms with Gasteiger partial charge in [0.05, 0.1) is 16.7 Å². The molecule has 0 aliphatic heterocycles. The van der Waals surface area contributed by atoms with E-state index in [1.165, 1.54) is 52.9 Å². The van der Waals surface area contributed by atoms with Crippen molar-refractivity contribution in [1.29, 1.82) is 0 Å². The number of thiophene rings is 1. The number of furan rings is 1. The summed E-state index contributed by atoms with van der Waals surface area (Å²) in [5.41, 5.74) is 13.3. The molecule has 0 saturated carbocycles. The molecule has 10 aromatic carbocycles. The van der Waals surface area contributed by atoms with Gasteiger partial charge in [-0.2, -0.15) is 0 Å². The molecule has 0 bridgehead atoms. The molecule has 0 spiro atoms. The Morgan fingerprint density at radius 1 is 0.403 bits per heavy atom. The summed E-state index contributed by atoms with van der Waals surface area (Å²) in [6.07, 6.45) is 0. The van der Waals surface area contributed by atoms with Gasteiger partial charge in [0.1, 0.15) is 11.2 Å². The molecule has 0 N–H and O–H groups in total. The lowest BCUT2D eigenvalue weighted by molar-refractivity contribution is 0.673. The Balaban J connectivity index is 0.965. The summed E-state index contributed by atoms with van der Waals surface area (Å²) in [6.45, 7) is 0. The van der Waals surface area contributed by atoms with Crippen molar-refractivity contribution in [3.05, 3.63) is 218 Å². The molecule has 0 unspecified atom stereocenters. The van der Waals surface area contributed by atoms with E-state index in [-0.39, 0.29) is 0 Å². The molecule has 0 atom stereocenters. The largest absolute Gasteiger partial charge is 0.455 e. The minimum atomic E-state index is 0.892. The Morgan fingerprint density at radius 2 is 1.08 bits per heavy atom. The van der Waals surface area contributed by atoms with E-state index >= 15 is 0 Å². The summed E-state index contributed by atoms with van der Waals surface area (Å²) in [4.78, 5) is 2.43. The normalized spacial score (nSPS) is 11.9. The lowest BCUT2D eigenvalue weighted by Gasteiger charge is -2.27. The third-order valence-electron chi connectivity index (χ3n) is 12.6. The molecule has 3 nitrogen and oxygen atoms in total. The highest BCUT2D eigenvalue weighted by atomic mass is 32.1. The Bertz CT molecular complexity index is 3830.